The molecule has 1 atom stereocenters. The van der Waals surface area contributed by atoms with Gasteiger partial charge in [0.05, 0.1) is 6.04 Å². The molecule has 1 aliphatic heterocycles. The molecule has 1 N–H and O–H groups in total. The van der Waals surface area contributed by atoms with Crippen LogP contribution in [0.2, 0.25) is 0 Å². The van der Waals surface area contributed by atoms with Crippen LogP contribution in [-0.2, 0) is 0 Å². The zero-order chi connectivity index (χ0) is 13.3. The van der Waals surface area contributed by atoms with Gasteiger partial charge in [0, 0.05) is 23.6 Å². The summed E-state index contributed by atoms with van der Waals surface area (Å²) in [5.74, 6) is -2.62. The van der Waals surface area contributed by atoms with Crippen molar-refractivity contribution in [2.24, 2.45) is 10.9 Å². The number of nitrogens with zero attached hydrogens (tertiary/aromatic N) is 1. The van der Waals surface area contributed by atoms with Gasteiger partial charge in [0.2, 0.25) is 0 Å². The number of halogens is 3. The molecule has 1 unspecified atom stereocenters. The first kappa shape index (κ1) is 13.3. The molecule has 2 rings (SSSR count). The van der Waals surface area contributed by atoms with Gasteiger partial charge in [-0.1, -0.05) is 25.6 Å². The number of nitrogens with one attached hydrogen (secondary N) is 1. The summed E-state index contributed by atoms with van der Waals surface area (Å²) >= 11 is 1.49. The van der Waals surface area contributed by atoms with Gasteiger partial charge in [-0.3, -0.25) is 4.99 Å². The summed E-state index contributed by atoms with van der Waals surface area (Å²) in [5.41, 5.74) is 0.169. The van der Waals surface area contributed by atoms with Crippen LogP contribution in [0.5, 0.6) is 0 Å². The highest BCUT2D eigenvalue weighted by molar-refractivity contribution is 8.14. The second-order valence-corrected chi connectivity index (χ2v) is 5.44. The van der Waals surface area contributed by atoms with E-state index in [-0.39, 0.29) is 11.7 Å². The maximum atomic E-state index is 13.0. The van der Waals surface area contributed by atoms with E-state index in [2.05, 4.69) is 24.2 Å². The Morgan fingerprint density at radius 3 is 2.39 bits per heavy atom. The van der Waals surface area contributed by atoms with Gasteiger partial charge in [-0.15, -0.1) is 0 Å². The molecule has 0 aromatic heterocycles. The van der Waals surface area contributed by atoms with E-state index in [1.54, 1.807) is 0 Å². The van der Waals surface area contributed by atoms with Crippen LogP contribution < -0.4 is 5.32 Å². The van der Waals surface area contributed by atoms with Crippen molar-refractivity contribution < 1.29 is 13.2 Å². The molecule has 18 heavy (non-hydrogen) atoms. The second kappa shape index (κ2) is 5.22. The Hall–Kier alpha value is -1.17. The molecular formula is C12H13F3N2S. The van der Waals surface area contributed by atoms with Gasteiger partial charge >= 0.3 is 0 Å². The molecule has 0 aliphatic carbocycles. The molecule has 1 aromatic rings. The summed E-state index contributed by atoms with van der Waals surface area (Å²) < 4.78 is 38.8. The number of benzene rings is 1. The standard InChI is InChI=1S/C12H13F3N2S/c1-6(2)10-5-18-12(17-10)16-7-3-8(13)11(15)9(14)4-7/h3-4,6,10H,5H2,1-2H3,(H,16,17). The van der Waals surface area contributed by atoms with Gasteiger partial charge in [0.25, 0.3) is 0 Å². The normalized spacial score (nSPS) is 19.2. The third kappa shape index (κ3) is 2.80. The van der Waals surface area contributed by atoms with Gasteiger partial charge in [-0.2, -0.15) is 0 Å². The summed E-state index contributed by atoms with van der Waals surface area (Å²) in [7, 11) is 0. The van der Waals surface area contributed by atoms with Crippen LogP contribution in [-0.4, -0.2) is 17.0 Å². The summed E-state index contributed by atoms with van der Waals surface area (Å²) in [6.45, 7) is 4.13. The fourth-order valence-corrected chi connectivity index (χ4v) is 2.74. The molecule has 1 heterocycles. The molecule has 0 radical (unpaired) electrons. The monoisotopic (exact) mass is 274 g/mol. The van der Waals surface area contributed by atoms with Crippen molar-refractivity contribution in [2.45, 2.75) is 19.9 Å². The number of hydrogen-bond acceptors (Lipinski definition) is 3. The highest BCUT2D eigenvalue weighted by Gasteiger charge is 2.21. The maximum absolute atomic E-state index is 13.0. The molecule has 1 aliphatic rings. The zero-order valence-corrected chi connectivity index (χ0v) is 10.8. The van der Waals surface area contributed by atoms with Crippen molar-refractivity contribution in [3.8, 4) is 0 Å². The predicted octanol–water partition coefficient (Wildman–Crippen LogP) is 3.64. The van der Waals surface area contributed by atoms with Crippen molar-refractivity contribution in [1.82, 2.24) is 0 Å². The average Bonchev–Trinajstić information content (AvgIpc) is 2.74. The van der Waals surface area contributed by atoms with Crippen molar-refractivity contribution in [3.05, 3.63) is 29.6 Å². The largest absolute Gasteiger partial charge is 0.335 e. The minimum Gasteiger partial charge on any atom is -0.335 e. The summed E-state index contributed by atoms with van der Waals surface area (Å²) in [6, 6.07) is 2.04. The SMILES string of the molecule is CC(C)C1CSC(Nc2cc(F)c(F)c(F)c2)=N1. The van der Waals surface area contributed by atoms with Crippen LogP contribution in [0, 0.1) is 23.4 Å². The zero-order valence-electron chi connectivity index (χ0n) is 10.0. The van der Waals surface area contributed by atoms with E-state index in [9.17, 15) is 13.2 Å². The highest BCUT2D eigenvalue weighted by Crippen LogP contribution is 2.25. The fraction of sp³-hybridized carbons (Fsp3) is 0.417. The van der Waals surface area contributed by atoms with Crippen molar-refractivity contribution >= 4 is 22.6 Å². The van der Waals surface area contributed by atoms with Crippen molar-refractivity contribution in [2.75, 3.05) is 11.1 Å². The smallest absolute Gasteiger partial charge is 0.194 e. The Balaban J connectivity index is 2.13. The van der Waals surface area contributed by atoms with E-state index in [4.69, 9.17) is 0 Å². The summed E-state index contributed by atoms with van der Waals surface area (Å²) in [5, 5.41) is 3.41. The van der Waals surface area contributed by atoms with Crippen LogP contribution in [0.25, 0.3) is 0 Å². The van der Waals surface area contributed by atoms with Gasteiger partial charge in [0.15, 0.2) is 22.6 Å². The number of anilines is 1. The maximum Gasteiger partial charge on any atom is 0.194 e. The molecule has 0 saturated heterocycles. The average molecular weight is 274 g/mol. The Kier molecular flexibility index (Phi) is 3.85. The topological polar surface area (TPSA) is 24.4 Å². The predicted molar refractivity (Wildman–Crippen MR) is 68.5 cm³/mol. The van der Waals surface area contributed by atoms with Crippen LogP contribution in [0.15, 0.2) is 17.1 Å². The lowest BCUT2D eigenvalue weighted by atomic mass is 10.1. The van der Waals surface area contributed by atoms with Gasteiger partial charge < -0.3 is 5.32 Å². The quantitative estimate of drug-likeness (QED) is 0.833. The van der Waals surface area contributed by atoms with Crippen LogP contribution in [0.1, 0.15) is 13.8 Å². The molecule has 0 amide bonds. The highest BCUT2D eigenvalue weighted by atomic mass is 32.2. The van der Waals surface area contributed by atoms with E-state index in [0.29, 0.717) is 11.1 Å². The fourth-order valence-electron chi connectivity index (χ4n) is 1.55. The lowest BCUT2D eigenvalue weighted by Gasteiger charge is -2.08. The number of thioether (sulfide) groups is 1. The Morgan fingerprint density at radius 2 is 1.89 bits per heavy atom. The third-order valence-electron chi connectivity index (χ3n) is 2.68. The number of rotatable bonds is 2. The molecule has 0 spiro atoms. The summed E-state index contributed by atoms with van der Waals surface area (Å²) in [6.07, 6.45) is 0. The molecule has 6 heteroatoms. The second-order valence-electron chi connectivity index (χ2n) is 4.44. The van der Waals surface area contributed by atoms with Gasteiger partial charge in [-0.25, -0.2) is 13.2 Å². The molecule has 0 bridgehead atoms. The van der Waals surface area contributed by atoms with Gasteiger partial charge in [0.1, 0.15) is 0 Å². The summed E-state index contributed by atoms with van der Waals surface area (Å²) in [4.78, 5) is 4.39. The lowest BCUT2D eigenvalue weighted by molar-refractivity contribution is 0.448. The molecule has 98 valence electrons. The van der Waals surface area contributed by atoms with E-state index in [1.165, 1.54) is 11.8 Å². The number of hydrogen-bond donors (Lipinski definition) is 1. The van der Waals surface area contributed by atoms with E-state index in [1.807, 2.05) is 0 Å². The van der Waals surface area contributed by atoms with E-state index >= 15 is 0 Å². The minimum absolute atomic E-state index is 0.169. The lowest BCUT2D eigenvalue weighted by Crippen LogP contribution is -2.12. The van der Waals surface area contributed by atoms with E-state index < -0.39 is 17.5 Å². The Morgan fingerprint density at radius 1 is 1.28 bits per heavy atom. The number of aliphatic imine (C=N–C) groups is 1. The van der Waals surface area contributed by atoms with Crippen LogP contribution in [0.4, 0.5) is 18.9 Å². The molecule has 2 nitrogen and oxygen atoms in total. The Bertz CT molecular complexity index is 465. The first-order chi connectivity index (χ1) is 8.47. The Labute approximate surface area is 108 Å². The minimum atomic E-state index is -1.46. The molecule has 0 saturated carbocycles. The number of amidine groups is 1. The molecule has 1 aromatic carbocycles. The molecule has 0 fully saturated rings. The van der Waals surface area contributed by atoms with Crippen LogP contribution in [0.3, 0.4) is 0 Å². The van der Waals surface area contributed by atoms with Crippen LogP contribution >= 0.6 is 11.8 Å². The van der Waals surface area contributed by atoms with E-state index in [0.717, 1.165) is 17.9 Å². The first-order valence-corrected chi connectivity index (χ1v) is 6.58. The third-order valence-corrected chi connectivity index (χ3v) is 3.67. The van der Waals surface area contributed by atoms with Crippen molar-refractivity contribution in [3.63, 3.8) is 0 Å². The van der Waals surface area contributed by atoms with Gasteiger partial charge in [-0.05, 0) is 5.92 Å². The van der Waals surface area contributed by atoms with Crippen molar-refractivity contribution in [1.29, 1.82) is 0 Å². The molecular weight excluding hydrogens is 261 g/mol. The first-order valence-electron chi connectivity index (χ1n) is 5.59.